The SMILES string of the molecule is CCNC(=O)N(Cc1ccoc1)Cc1cccs1. The molecule has 2 aromatic rings. The first kappa shape index (κ1) is 12.7. The summed E-state index contributed by atoms with van der Waals surface area (Å²) in [5, 5.41) is 4.85. The van der Waals surface area contributed by atoms with Crippen LogP contribution in [0.4, 0.5) is 4.79 Å². The van der Waals surface area contributed by atoms with Gasteiger partial charge in [-0.1, -0.05) is 6.07 Å². The Morgan fingerprint density at radius 1 is 1.44 bits per heavy atom. The third-order valence-electron chi connectivity index (χ3n) is 2.50. The van der Waals surface area contributed by atoms with Gasteiger partial charge in [-0.3, -0.25) is 0 Å². The Hall–Kier alpha value is -1.75. The summed E-state index contributed by atoms with van der Waals surface area (Å²) in [6.45, 7) is 3.72. The average molecular weight is 264 g/mol. The Labute approximate surface area is 110 Å². The Morgan fingerprint density at radius 2 is 2.33 bits per heavy atom. The molecule has 1 N–H and O–H groups in total. The molecule has 2 amide bonds. The molecule has 4 nitrogen and oxygen atoms in total. The van der Waals surface area contributed by atoms with Crippen LogP contribution in [0.2, 0.25) is 0 Å². The quantitative estimate of drug-likeness (QED) is 0.902. The summed E-state index contributed by atoms with van der Waals surface area (Å²) in [6.07, 6.45) is 3.29. The first-order valence-electron chi connectivity index (χ1n) is 5.86. The van der Waals surface area contributed by atoms with Gasteiger partial charge in [-0.2, -0.15) is 0 Å². The van der Waals surface area contributed by atoms with Gasteiger partial charge < -0.3 is 14.6 Å². The maximum Gasteiger partial charge on any atom is 0.318 e. The predicted molar refractivity (Wildman–Crippen MR) is 71.3 cm³/mol. The molecule has 2 aromatic heterocycles. The van der Waals surface area contributed by atoms with Crippen molar-refractivity contribution in [3.05, 3.63) is 46.5 Å². The van der Waals surface area contributed by atoms with Crippen molar-refractivity contribution in [2.24, 2.45) is 0 Å². The van der Waals surface area contributed by atoms with E-state index in [0.29, 0.717) is 19.6 Å². The van der Waals surface area contributed by atoms with Gasteiger partial charge in [-0.15, -0.1) is 11.3 Å². The third-order valence-corrected chi connectivity index (χ3v) is 3.36. The van der Waals surface area contributed by atoms with Gasteiger partial charge in [0.05, 0.1) is 25.6 Å². The molecule has 96 valence electrons. The molecule has 0 spiro atoms. The lowest BCUT2D eigenvalue weighted by molar-refractivity contribution is 0.193. The van der Waals surface area contributed by atoms with Crippen molar-refractivity contribution in [3.8, 4) is 0 Å². The Balaban J connectivity index is 2.04. The number of carbonyl (C=O) groups excluding carboxylic acids is 1. The van der Waals surface area contributed by atoms with Gasteiger partial charge in [-0.05, 0) is 24.4 Å². The van der Waals surface area contributed by atoms with Crippen molar-refractivity contribution in [2.45, 2.75) is 20.0 Å². The van der Waals surface area contributed by atoms with E-state index in [1.54, 1.807) is 28.8 Å². The lowest BCUT2D eigenvalue weighted by atomic mass is 10.3. The van der Waals surface area contributed by atoms with Gasteiger partial charge in [0.15, 0.2) is 0 Å². The van der Waals surface area contributed by atoms with Crippen LogP contribution in [-0.2, 0) is 13.1 Å². The minimum atomic E-state index is -0.0490. The van der Waals surface area contributed by atoms with E-state index in [1.165, 1.54) is 4.88 Å². The normalized spacial score (nSPS) is 10.3. The highest BCUT2D eigenvalue weighted by Crippen LogP contribution is 2.14. The highest BCUT2D eigenvalue weighted by Gasteiger charge is 2.14. The minimum absolute atomic E-state index is 0.0490. The Morgan fingerprint density at radius 3 is 2.94 bits per heavy atom. The van der Waals surface area contributed by atoms with E-state index in [0.717, 1.165) is 5.56 Å². The van der Waals surface area contributed by atoms with Crippen LogP contribution >= 0.6 is 11.3 Å². The number of urea groups is 1. The fraction of sp³-hybridized carbons (Fsp3) is 0.308. The number of furan rings is 1. The summed E-state index contributed by atoms with van der Waals surface area (Å²) >= 11 is 1.65. The second kappa shape index (κ2) is 6.26. The molecule has 0 aromatic carbocycles. The van der Waals surface area contributed by atoms with Crippen molar-refractivity contribution in [3.63, 3.8) is 0 Å². The zero-order chi connectivity index (χ0) is 12.8. The molecule has 0 fully saturated rings. The van der Waals surface area contributed by atoms with E-state index >= 15 is 0 Å². The van der Waals surface area contributed by atoms with Crippen LogP contribution in [0.3, 0.4) is 0 Å². The Kier molecular flexibility index (Phi) is 4.41. The van der Waals surface area contributed by atoms with E-state index in [2.05, 4.69) is 5.32 Å². The third kappa shape index (κ3) is 3.37. The van der Waals surface area contributed by atoms with Crippen LogP contribution in [0.15, 0.2) is 40.5 Å². The molecule has 0 unspecified atom stereocenters. The van der Waals surface area contributed by atoms with E-state index in [9.17, 15) is 4.79 Å². The molecule has 0 radical (unpaired) electrons. The standard InChI is InChI=1S/C13H16N2O2S/c1-2-14-13(16)15(8-11-5-6-17-10-11)9-12-4-3-7-18-12/h3-7,10H,2,8-9H2,1H3,(H,14,16). The summed E-state index contributed by atoms with van der Waals surface area (Å²) < 4.78 is 5.03. The predicted octanol–water partition coefficient (Wildman–Crippen LogP) is 3.07. The van der Waals surface area contributed by atoms with Gasteiger partial charge in [0.25, 0.3) is 0 Å². The topological polar surface area (TPSA) is 45.5 Å². The number of amides is 2. The zero-order valence-corrected chi connectivity index (χ0v) is 11.1. The van der Waals surface area contributed by atoms with Crippen molar-refractivity contribution in [2.75, 3.05) is 6.54 Å². The molecule has 2 rings (SSSR count). The van der Waals surface area contributed by atoms with Crippen LogP contribution in [0.25, 0.3) is 0 Å². The van der Waals surface area contributed by atoms with E-state index in [4.69, 9.17) is 4.42 Å². The van der Waals surface area contributed by atoms with Gasteiger partial charge in [-0.25, -0.2) is 4.79 Å². The van der Waals surface area contributed by atoms with E-state index < -0.39 is 0 Å². The number of thiophene rings is 1. The number of rotatable bonds is 5. The van der Waals surface area contributed by atoms with Crippen molar-refractivity contribution < 1.29 is 9.21 Å². The largest absolute Gasteiger partial charge is 0.472 e. The molecular weight excluding hydrogens is 248 g/mol. The van der Waals surface area contributed by atoms with Crippen molar-refractivity contribution in [1.29, 1.82) is 0 Å². The summed E-state index contributed by atoms with van der Waals surface area (Å²) in [5.74, 6) is 0. The monoisotopic (exact) mass is 264 g/mol. The minimum Gasteiger partial charge on any atom is -0.472 e. The number of nitrogens with one attached hydrogen (secondary N) is 1. The molecule has 18 heavy (non-hydrogen) atoms. The average Bonchev–Trinajstić information content (AvgIpc) is 3.01. The first-order valence-corrected chi connectivity index (χ1v) is 6.73. The van der Waals surface area contributed by atoms with Gasteiger partial charge in [0.1, 0.15) is 0 Å². The second-order valence-corrected chi connectivity index (χ2v) is 4.93. The number of hydrogen-bond donors (Lipinski definition) is 1. The molecule has 0 atom stereocenters. The van der Waals surface area contributed by atoms with Crippen LogP contribution in [0.5, 0.6) is 0 Å². The van der Waals surface area contributed by atoms with Gasteiger partial charge in [0, 0.05) is 17.0 Å². The smallest absolute Gasteiger partial charge is 0.318 e. The van der Waals surface area contributed by atoms with Gasteiger partial charge in [0.2, 0.25) is 0 Å². The Bertz CT molecular complexity index is 429. The molecule has 0 aliphatic heterocycles. The van der Waals surface area contributed by atoms with E-state index in [-0.39, 0.29) is 6.03 Å². The molecule has 0 saturated heterocycles. The summed E-state index contributed by atoms with van der Waals surface area (Å²) in [5.41, 5.74) is 0.998. The van der Waals surface area contributed by atoms with Gasteiger partial charge >= 0.3 is 6.03 Å². The van der Waals surface area contributed by atoms with Crippen LogP contribution in [0.1, 0.15) is 17.4 Å². The number of carbonyl (C=O) groups is 1. The van der Waals surface area contributed by atoms with Crippen LogP contribution < -0.4 is 5.32 Å². The molecule has 2 heterocycles. The van der Waals surface area contributed by atoms with Crippen LogP contribution in [-0.4, -0.2) is 17.5 Å². The lowest BCUT2D eigenvalue weighted by Crippen LogP contribution is -2.38. The van der Waals surface area contributed by atoms with E-state index in [1.807, 2.05) is 30.5 Å². The van der Waals surface area contributed by atoms with Crippen molar-refractivity contribution >= 4 is 17.4 Å². The second-order valence-electron chi connectivity index (χ2n) is 3.90. The fourth-order valence-electron chi connectivity index (χ4n) is 1.66. The number of nitrogens with zero attached hydrogens (tertiary/aromatic N) is 1. The maximum atomic E-state index is 12.0. The summed E-state index contributed by atoms with van der Waals surface area (Å²) in [7, 11) is 0. The highest BCUT2D eigenvalue weighted by molar-refractivity contribution is 7.09. The highest BCUT2D eigenvalue weighted by atomic mass is 32.1. The fourth-order valence-corrected chi connectivity index (χ4v) is 2.38. The summed E-state index contributed by atoms with van der Waals surface area (Å²) in [4.78, 5) is 14.9. The van der Waals surface area contributed by atoms with Crippen LogP contribution in [0, 0.1) is 0 Å². The molecule has 0 bridgehead atoms. The zero-order valence-electron chi connectivity index (χ0n) is 10.3. The molecule has 5 heteroatoms. The first-order chi connectivity index (χ1) is 8.79. The molecule has 0 saturated carbocycles. The maximum absolute atomic E-state index is 12.0. The molecular formula is C13H16N2O2S. The molecule has 0 aliphatic rings. The summed E-state index contributed by atoms with van der Waals surface area (Å²) in [6, 6.07) is 5.85. The lowest BCUT2D eigenvalue weighted by Gasteiger charge is -2.21. The van der Waals surface area contributed by atoms with Crippen molar-refractivity contribution in [1.82, 2.24) is 10.2 Å². The number of hydrogen-bond acceptors (Lipinski definition) is 3. The molecule has 0 aliphatic carbocycles.